The van der Waals surface area contributed by atoms with Crippen molar-refractivity contribution in [2.45, 2.75) is 44.3 Å². The number of hydrogen-bond acceptors (Lipinski definition) is 4. The summed E-state index contributed by atoms with van der Waals surface area (Å²) in [6, 6.07) is 7.95. The molecule has 1 heterocycles. The van der Waals surface area contributed by atoms with Crippen LogP contribution in [0.15, 0.2) is 24.3 Å². The largest absolute Gasteiger partial charge is 0.497 e. The topological polar surface area (TPSA) is 52.9 Å². The van der Waals surface area contributed by atoms with E-state index in [0.717, 1.165) is 30.7 Å². The Morgan fingerprint density at radius 2 is 1.55 bits per heavy atom. The molecule has 2 N–H and O–H groups in total. The maximum Gasteiger partial charge on any atom is 0.118 e. The lowest BCUT2D eigenvalue weighted by Gasteiger charge is -2.42. The summed E-state index contributed by atoms with van der Waals surface area (Å²) in [5, 5.41) is 19.5. The van der Waals surface area contributed by atoms with Crippen LogP contribution in [0.3, 0.4) is 0 Å². The maximum atomic E-state index is 9.74. The second kappa shape index (κ2) is 5.72. The first-order valence-electron chi connectivity index (χ1n) is 7.10. The quantitative estimate of drug-likeness (QED) is 0.863. The van der Waals surface area contributed by atoms with Gasteiger partial charge in [-0.1, -0.05) is 12.1 Å². The van der Waals surface area contributed by atoms with Crippen LogP contribution in [0, 0.1) is 0 Å². The Kier molecular flexibility index (Phi) is 4.37. The molecule has 1 fully saturated rings. The van der Waals surface area contributed by atoms with Crippen molar-refractivity contribution in [3.63, 3.8) is 0 Å². The molecule has 4 heteroatoms. The number of aliphatic hydroxyl groups excluding tert-OH is 2. The molecule has 112 valence electrons. The molecule has 0 saturated carbocycles. The molecule has 1 aromatic carbocycles. The first-order valence-corrected chi connectivity index (χ1v) is 7.10. The van der Waals surface area contributed by atoms with E-state index in [1.165, 1.54) is 0 Å². The molecule has 4 nitrogen and oxygen atoms in total. The van der Waals surface area contributed by atoms with Crippen LogP contribution in [0.1, 0.15) is 32.3 Å². The average Bonchev–Trinajstić information content (AvgIpc) is 2.74. The van der Waals surface area contributed by atoms with Crippen LogP contribution in [0.4, 0.5) is 0 Å². The van der Waals surface area contributed by atoms with E-state index in [0.29, 0.717) is 0 Å². The molecule has 1 aliphatic rings. The highest BCUT2D eigenvalue weighted by molar-refractivity contribution is 5.27. The summed E-state index contributed by atoms with van der Waals surface area (Å²) in [5.74, 6) is 0.838. The second-order valence-electron chi connectivity index (χ2n) is 6.24. The summed E-state index contributed by atoms with van der Waals surface area (Å²) in [4.78, 5) is 2.24. The molecule has 0 aromatic heterocycles. The van der Waals surface area contributed by atoms with Crippen molar-refractivity contribution in [2.75, 3.05) is 20.3 Å². The van der Waals surface area contributed by atoms with E-state index in [9.17, 15) is 10.2 Å². The zero-order chi connectivity index (χ0) is 14.8. The minimum absolute atomic E-state index is 0.110. The van der Waals surface area contributed by atoms with Gasteiger partial charge in [0, 0.05) is 17.6 Å². The smallest absolute Gasteiger partial charge is 0.118 e. The molecular weight excluding hydrogens is 254 g/mol. The van der Waals surface area contributed by atoms with Crippen molar-refractivity contribution in [2.24, 2.45) is 0 Å². The van der Waals surface area contributed by atoms with E-state index in [2.05, 4.69) is 18.7 Å². The van der Waals surface area contributed by atoms with Gasteiger partial charge in [0.05, 0.1) is 20.3 Å². The lowest BCUT2D eigenvalue weighted by atomic mass is 9.99. The predicted octanol–water partition coefficient (Wildman–Crippen LogP) is 1.79. The molecule has 1 saturated heterocycles. The minimum Gasteiger partial charge on any atom is -0.497 e. The molecule has 1 aromatic rings. The zero-order valence-electron chi connectivity index (χ0n) is 12.6. The first kappa shape index (κ1) is 15.3. The van der Waals surface area contributed by atoms with Crippen LogP contribution in [0.2, 0.25) is 0 Å². The fourth-order valence-corrected chi connectivity index (χ4v) is 3.08. The van der Waals surface area contributed by atoms with E-state index in [4.69, 9.17) is 4.74 Å². The van der Waals surface area contributed by atoms with Gasteiger partial charge in [0.1, 0.15) is 5.75 Å². The monoisotopic (exact) mass is 279 g/mol. The van der Waals surface area contributed by atoms with Gasteiger partial charge in [-0.05, 0) is 44.4 Å². The summed E-state index contributed by atoms with van der Waals surface area (Å²) in [7, 11) is 1.65. The van der Waals surface area contributed by atoms with Crippen LogP contribution in [-0.4, -0.2) is 46.5 Å². The predicted molar refractivity (Wildman–Crippen MR) is 78.8 cm³/mol. The number of aliphatic hydroxyl groups is 2. The molecule has 0 amide bonds. The number of likely N-dealkylation sites (tertiary alicyclic amines) is 1. The Hall–Kier alpha value is -1.10. The Balaban J connectivity index is 2.22. The van der Waals surface area contributed by atoms with Gasteiger partial charge in [-0.3, -0.25) is 4.90 Å². The molecule has 2 rings (SSSR count). The standard InChI is InChI=1S/C16H25NO3/c1-15(11-18)8-9-16(2,12-19)17(15)10-13-4-6-14(20-3)7-5-13/h4-7,18-19H,8-12H2,1-3H3. The fourth-order valence-electron chi connectivity index (χ4n) is 3.08. The highest BCUT2D eigenvalue weighted by Crippen LogP contribution is 2.41. The van der Waals surface area contributed by atoms with E-state index in [1.54, 1.807) is 7.11 Å². The van der Waals surface area contributed by atoms with Gasteiger partial charge in [0.2, 0.25) is 0 Å². The number of benzene rings is 1. The third kappa shape index (κ3) is 2.68. The van der Waals surface area contributed by atoms with E-state index >= 15 is 0 Å². The number of rotatable bonds is 5. The third-order valence-electron chi connectivity index (χ3n) is 4.69. The molecular formula is C16H25NO3. The Bertz CT molecular complexity index is 430. The van der Waals surface area contributed by atoms with Gasteiger partial charge in [-0.2, -0.15) is 0 Å². The number of ether oxygens (including phenoxy) is 1. The van der Waals surface area contributed by atoms with Gasteiger partial charge >= 0.3 is 0 Å². The molecule has 2 atom stereocenters. The molecule has 2 unspecified atom stereocenters. The van der Waals surface area contributed by atoms with Gasteiger partial charge in [0.15, 0.2) is 0 Å². The van der Waals surface area contributed by atoms with Crippen LogP contribution >= 0.6 is 0 Å². The van der Waals surface area contributed by atoms with E-state index < -0.39 is 0 Å². The number of nitrogens with zero attached hydrogens (tertiary/aromatic N) is 1. The molecule has 1 aliphatic heterocycles. The number of hydrogen-bond donors (Lipinski definition) is 2. The summed E-state index contributed by atoms with van der Waals surface area (Å²) in [6.07, 6.45) is 1.80. The SMILES string of the molecule is COc1ccc(CN2C(C)(CO)CCC2(C)CO)cc1. The maximum absolute atomic E-state index is 9.74. The van der Waals surface area contributed by atoms with Crippen molar-refractivity contribution >= 4 is 0 Å². The third-order valence-corrected chi connectivity index (χ3v) is 4.69. The van der Waals surface area contributed by atoms with Gasteiger partial charge in [-0.15, -0.1) is 0 Å². The van der Waals surface area contributed by atoms with Crippen molar-refractivity contribution in [1.82, 2.24) is 4.90 Å². The van der Waals surface area contributed by atoms with Crippen LogP contribution < -0.4 is 4.74 Å². The zero-order valence-corrected chi connectivity index (χ0v) is 12.6. The Labute approximate surface area is 121 Å². The second-order valence-corrected chi connectivity index (χ2v) is 6.24. The summed E-state index contributed by atoms with van der Waals surface area (Å²) >= 11 is 0. The fraction of sp³-hybridized carbons (Fsp3) is 0.625. The van der Waals surface area contributed by atoms with E-state index in [-0.39, 0.29) is 24.3 Å². The van der Waals surface area contributed by atoms with Crippen molar-refractivity contribution in [3.05, 3.63) is 29.8 Å². The van der Waals surface area contributed by atoms with Gasteiger partial charge in [0.25, 0.3) is 0 Å². The first-order chi connectivity index (χ1) is 9.47. The summed E-state index contributed by atoms with van der Waals surface area (Å²) < 4.78 is 5.17. The Morgan fingerprint density at radius 1 is 1.05 bits per heavy atom. The van der Waals surface area contributed by atoms with Crippen molar-refractivity contribution in [3.8, 4) is 5.75 Å². The number of methoxy groups -OCH3 is 1. The molecule has 0 aliphatic carbocycles. The van der Waals surface area contributed by atoms with Crippen LogP contribution in [0.25, 0.3) is 0 Å². The molecule has 0 bridgehead atoms. The highest BCUT2D eigenvalue weighted by Gasteiger charge is 2.49. The van der Waals surface area contributed by atoms with Crippen molar-refractivity contribution in [1.29, 1.82) is 0 Å². The summed E-state index contributed by atoms with van der Waals surface area (Å²) in [6.45, 7) is 5.07. The van der Waals surface area contributed by atoms with Crippen LogP contribution in [0.5, 0.6) is 5.75 Å². The van der Waals surface area contributed by atoms with E-state index in [1.807, 2.05) is 24.3 Å². The normalized spacial score (nSPS) is 30.6. The molecule has 20 heavy (non-hydrogen) atoms. The average molecular weight is 279 g/mol. The van der Waals surface area contributed by atoms with Crippen molar-refractivity contribution < 1.29 is 14.9 Å². The van der Waals surface area contributed by atoms with Crippen LogP contribution in [-0.2, 0) is 6.54 Å². The lowest BCUT2D eigenvalue weighted by molar-refractivity contribution is -0.0148. The summed E-state index contributed by atoms with van der Waals surface area (Å²) in [5.41, 5.74) is 0.626. The molecule has 0 spiro atoms. The minimum atomic E-state index is -0.266. The highest BCUT2D eigenvalue weighted by atomic mass is 16.5. The van der Waals surface area contributed by atoms with Gasteiger partial charge in [-0.25, -0.2) is 0 Å². The molecule has 0 radical (unpaired) electrons. The Morgan fingerprint density at radius 3 is 1.95 bits per heavy atom. The van der Waals surface area contributed by atoms with Gasteiger partial charge < -0.3 is 14.9 Å². The lowest BCUT2D eigenvalue weighted by Crippen LogP contribution is -2.54.